The molecule has 0 aromatic carbocycles. The van der Waals surface area contributed by atoms with E-state index >= 15 is 0 Å². The Balaban J connectivity index is 4.98. The number of carboxylic acid groups (broad SMARTS) is 1. The Bertz CT molecular complexity index is 1130. The van der Waals surface area contributed by atoms with Crippen LogP contribution in [0.2, 0.25) is 0 Å². The first-order valence-electron chi connectivity index (χ1n) is 15.8. The van der Waals surface area contributed by atoms with Crippen LogP contribution in [0.25, 0.3) is 0 Å². The van der Waals surface area contributed by atoms with E-state index < -0.39 is 62.1 Å². The number of rotatable bonds is 23. The van der Waals surface area contributed by atoms with Crippen LogP contribution in [0.4, 0.5) is 0 Å². The summed E-state index contributed by atoms with van der Waals surface area (Å²) in [7, 11) is -3.69. The number of ether oxygens (including phenoxy) is 1. The van der Waals surface area contributed by atoms with Crippen molar-refractivity contribution in [1.29, 1.82) is 0 Å². The third-order valence-electron chi connectivity index (χ3n) is 7.11. The van der Waals surface area contributed by atoms with Crippen LogP contribution < -0.4 is 16.0 Å². The van der Waals surface area contributed by atoms with Gasteiger partial charge in [-0.05, 0) is 83.6 Å². The van der Waals surface area contributed by atoms with E-state index in [0.29, 0.717) is 5.75 Å². The molecule has 4 atom stereocenters. The normalized spacial score (nSPS) is 15.5. The van der Waals surface area contributed by atoms with Crippen molar-refractivity contribution in [1.82, 2.24) is 16.0 Å². The fourth-order valence-electron chi connectivity index (χ4n) is 4.25. The minimum atomic E-state index is -3.69. The van der Waals surface area contributed by atoms with Crippen molar-refractivity contribution in [3.8, 4) is 0 Å². The van der Waals surface area contributed by atoms with Gasteiger partial charge in [0.15, 0.2) is 0 Å². The molecule has 11 nitrogen and oxygen atoms in total. The standard InChI is InChI=1S/C33H58N3O8PS/c1-22(2)12-10-13-25(7)14-11-15-26(8)16-18-45(42,43)21-44-20-28(37)35-29(23(3)4)32(39)36-30(24(5)6)31(38)34-27(33(40)41)17-19-46-9/h12,14,16,23-24,27,29-30H,10-11,13,15,17-21H2,1-9H3,(H,34,38)(H,35,37)(H,36,39)(H,40,41)(H,42,43)/b25-14+,26-16+. The molecule has 0 aliphatic heterocycles. The van der Waals surface area contributed by atoms with Crippen LogP contribution in [-0.4, -0.2) is 82.9 Å². The van der Waals surface area contributed by atoms with Crippen LogP contribution in [0.5, 0.6) is 0 Å². The number of nitrogens with one attached hydrogen (secondary N) is 3. The molecule has 4 unspecified atom stereocenters. The topological polar surface area (TPSA) is 171 Å². The van der Waals surface area contributed by atoms with Gasteiger partial charge >= 0.3 is 5.97 Å². The summed E-state index contributed by atoms with van der Waals surface area (Å²) in [6.45, 7) is 14.5. The smallest absolute Gasteiger partial charge is 0.326 e. The molecule has 5 N–H and O–H groups in total. The molecule has 264 valence electrons. The van der Waals surface area contributed by atoms with E-state index in [9.17, 15) is 33.7 Å². The molecule has 3 amide bonds. The Morgan fingerprint density at radius 2 is 1.35 bits per heavy atom. The highest BCUT2D eigenvalue weighted by Gasteiger charge is 2.32. The maximum atomic E-state index is 13.1. The summed E-state index contributed by atoms with van der Waals surface area (Å²) in [5, 5.41) is 17.2. The van der Waals surface area contributed by atoms with Crippen molar-refractivity contribution in [2.24, 2.45) is 11.8 Å². The molecular formula is C33H58N3O8PS. The van der Waals surface area contributed by atoms with Crippen LogP contribution >= 0.6 is 19.1 Å². The maximum absolute atomic E-state index is 13.1. The molecule has 0 aliphatic carbocycles. The average Bonchev–Trinajstić information content (AvgIpc) is 2.94. The number of carboxylic acids is 1. The van der Waals surface area contributed by atoms with Crippen molar-refractivity contribution >= 4 is 42.8 Å². The molecule has 0 fully saturated rings. The Morgan fingerprint density at radius 1 is 0.826 bits per heavy atom. The zero-order chi connectivity index (χ0) is 35.4. The van der Waals surface area contributed by atoms with E-state index in [1.54, 1.807) is 33.8 Å². The molecule has 13 heteroatoms. The maximum Gasteiger partial charge on any atom is 0.326 e. The summed E-state index contributed by atoms with van der Waals surface area (Å²) in [6.07, 6.45) is 11.3. The third kappa shape index (κ3) is 20.0. The fourth-order valence-corrected chi connectivity index (χ4v) is 5.80. The summed E-state index contributed by atoms with van der Waals surface area (Å²) < 4.78 is 17.9. The van der Waals surface area contributed by atoms with Crippen LogP contribution in [0, 0.1) is 11.8 Å². The van der Waals surface area contributed by atoms with Gasteiger partial charge in [-0.3, -0.25) is 18.9 Å². The predicted molar refractivity (Wildman–Crippen MR) is 187 cm³/mol. The van der Waals surface area contributed by atoms with Crippen LogP contribution in [0.3, 0.4) is 0 Å². The lowest BCUT2D eigenvalue weighted by atomic mass is 9.99. The van der Waals surface area contributed by atoms with Gasteiger partial charge in [-0.15, -0.1) is 0 Å². The zero-order valence-corrected chi connectivity index (χ0v) is 30.9. The highest BCUT2D eigenvalue weighted by Crippen LogP contribution is 2.40. The molecule has 0 heterocycles. The van der Waals surface area contributed by atoms with Gasteiger partial charge in [-0.1, -0.05) is 62.6 Å². The Labute approximate surface area is 280 Å². The molecule has 0 saturated carbocycles. The SMILES string of the molecule is CSCCC(NC(=O)C(NC(=O)C(NC(=O)COCP(=O)(O)C/C=C(\C)CC/C=C(\C)CCC=C(C)C)C(C)C)C(C)C)C(=O)O. The summed E-state index contributed by atoms with van der Waals surface area (Å²) in [5.41, 5.74) is 3.62. The molecular weight excluding hydrogens is 629 g/mol. The van der Waals surface area contributed by atoms with Crippen LogP contribution in [-0.2, 0) is 28.5 Å². The van der Waals surface area contributed by atoms with Gasteiger partial charge in [0.1, 0.15) is 31.1 Å². The van der Waals surface area contributed by atoms with Crippen molar-refractivity contribution in [2.75, 3.05) is 31.1 Å². The number of allylic oxidation sites excluding steroid dienone is 6. The number of hydrogen-bond acceptors (Lipinski definition) is 7. The van der Waals surface area contributed by atoms with E-state index in [1.165, 1.54) is 22.9 Å². The Kier molecular flexibility index (Phi) is 21.8. The number of amides is 3. The summed E-state index contributed by atoms with van der Waals surface area (Å²) >= 11 is 1.46. The van der Waals surface area contributed by atoms with E-state index in [-0.39, 0.29) is 24.4 Å². The van der Waals surface area contributed by atoms with Gasteiger partial charge in [0.25, 0.3) is 0 Å². The Hall–Kier alpha value is -2.40. The quantitative estimate of drug-likeness (QED) is 0.0711. The molecule has 0 spiro atoms. The number of aliphatic carboxylic acids is 1. The van der Waals surface area contributed by atoms with Crippen LogP contribution in [0.15, 0.2) is 34.9 Å². The fraction of sp³-hybridized carbons (Fsp3) is 0.697. The predicted octanol–water partition coefficient (Wildman–Crippen LogP) is 5.25. The number of thioether (sulfide) groups is 1. The second-order valence-corrected chi connectivity index (χ2v) is 16.0. The van der Waals surface area contributed by atoms with Crippen molar-refractivity contribution < 1.29 is 38.5 Å². The van der Waals surface area contributed by atoms with Gasteiger partial charge < -0.3 is 30.7 Å². The minimum absolute atomic E-state index is 0.0700. The number of hydrogen-bond donors (Lipinski definition) is 5. The molecule has 0 rings (SSSR count). The molecule has 0 aliphatic rings. The van der Waals surface area contributed by atoms with E-state index in [1.807, 2.05) is 13.2 Å². The Morgan fingerprint density at radius 3 is 1.87 bits per heavy atom. The molecule has 0 radical (unpaired) electrons. The van der Waals surface area contributed by atoms with E-state index in [2.05, 4.69) is 48.9 Å². The largest absolute Gasteiger partial charge is 0.480 e. The molecule has 0 saturated heterocycles. The van der Waals surface area contributed by atoms with Crippen LogP contribution in [0.1, 0.15) is 87.5 Å². The molecule has 0 aromatic heterocycles. The first-order chi connectivity index (χ1) is 21.4. The van der Waals surface area contributed by atoms with Crippen molar-refractivity contribution in [3.05, 3.63) is 34.9 Å². The molecule has 46 heavy (non-hydrogen) atoms. The van der Waals surface area contributed by atoms with E-state index in [4.69, 9.17) is 4.74 Å². The summed E-state index contributed by atoms with van der Waals surface area (Å²) in [5.74, 6) is -3.23. The number of carbonyl (C=O) groups excluding carboxylic acids is 3. The lowest BCUT2D eigenvalue weighted by molar-refractivity contribution is -0.142. The highest BCUT2D eigenvalue weighted by molar-refractivity contribution is 7.98. The van der Waals surface area contributed by atoms with Gasteiger partial charge in [0.05, 0.1) is 0 Å². The second kappa shape index (κ2) is 23.0. The minimum Gasteiger partial charge on any atom is -0.480 e. The van der Waals surface area contributed by atoms with Crippen molar-refractivity contribution in [2.45, 2.75) is 106 Å². The number of carbonyl (C=O) groups is 4. The molecule has 0 bridgehead atoms. The van der Waals surface area contributed by atoms with E-state index in [0.717, 1.165) is 31.3 Å². The second-order valence-electron chi connectivity index (χ2n) is 12.7. The third-order valence-corrected chi connectivity index (χ3v) is 9.09. The van der Waals surface area contributed by atoms with Gasteiger partial charge in [-0.2, -0.15) is 11.8 Å². The highest BCUT2D eigenvalue weighted by atomic mass is 32.2. The summed E-state index contributed by atoms with van der Waals surface area (Å²) in [6, 6.07) is -3.14. The first kappa shape index (κ1) is 43.6. The lowest BCUT2D eigenvalue weighted by Crippen LogP contribution is -2.58. The lowest BCUT2D eigenvalue weighted by Gasteiger charge is -2.28. The first-order valence-corrected chi connectivity index (χ1v) is 19.3. The summed E-state index contributed by atoms with van der Waals surface area (Å²) in [4.78, 5) is 60.6. The zero-order valence-electron chi connectivity index (χ0n) is 29.2. The average molecular weight is 688 g/mol. The molecule has 0 aromatic rings. The monoisotopic (exact) mass is 687 g/mol. The van der Waals surface area contributed by atoms with Gasteiger partial charge in [-0.25, -0.2) is 4.79 Å². The van der Waals surface area contributed by atoms with Gasteiger partial charge in [0, 0.05) is 6.16 Å². The van der Waals surface area contributed by atoms with Gasteiger partial charge in [0.2, 0.25) is 25.1 Å². The van der Waals surface area contributed by atoms with Crippen molar-refractivity contribution in [3.63, 3.8) is 0 Å².